The van der Waals surface area contributed by atoms with E-state index in [1.807, 2.05) is 12.1 Å². The van der Waals surface area contributed by atoms with Crippen LogP contribution in [-0.4, -0.2) is 18.3 Å². The van der Waals surface area contributed by atoms with Crippen LogP contribution in [0.4, 0.5) is 0 Å². The van der Waals surface area contributed by atoms with Crippen LogP contribution < -0.4 is 0 Å². The highest BCUT2D eigenvalue weighted by molar-refractivity contribution is 7.99. The fourth-order valence-electron chi connectivity index (χ4n) is 1.18. The van der Waals surface area contributed by atoms with Crippen LogP contribution in [0.2, 0.25) is 0 Å². The van der Waals surface area contributed by atoms with Gasteiger partial charge in [-0.1, -0.05) is 23.8 Å². The molecule has 1 aromatic carbocycles. The first-order valence-electron chi connectivity index (χ1n) is 5.25. The highest BCUT2D eigenvalue weighted by atomic mass is 32.2. The van der Waals surface area contributed by atoms with Crippen molar-refractivity contribution in [2.45, 2.75) is 18.7 Å². The summed E-state index contributed by atoms with van der Waals surface area (Å²) in [6.07, 6.45) is 3.30. The van der Waals surface area contributed by atoms with Gasteiger partial charge in [-0.15, -0.1) is 11.8 Å². The molecule has 0 aromatic heterocycles. The molecule has 0 fully saturated rings. The van der Waals surface area contributed by atoms with Crippen LogP contribution in [0.3, 0.4) is 0 Å². The van der Waals surface area contributed by atoms with Crippen LogP contribution in [0.15, 0.2) is 41.3 Å². The fourth-order valence-corrected chi connectivity index (χ4v) is 2.01. The monoisotopic (exact) mass is 236 g/mol. The van der Waals surface area contributed by atoms with E-state index in [9.17, 15) is 4.79 Å². The summed E-state index contributed by atoms with van der Waals surface area (Å²) in [6.45, 7) is 4.29. The summed E-state index contributed by atoms with van der Waals surface area (Å²) >= 11 is 1.70. The third kappa shape index (κ3) is 5.03. The lowest BCUT2D eigenvalue weighted by Gasteiger charge is -1.99. The van der Waals surface area contributed by atoms with Crippen LogP contribution in [0.5, 0.6) is 0 Å². The lowest BCUT2D eigenvalue weighted by molar-refractivity contribution is -0.137. The number of aryl methyl sites for hydroxylation is 1. The quantitative estimate of drug-likeness (QED) is 0.446. The Kier molecular flexibility index (Phi) is 5.72. The summed E-state index contributed by atoms with van der Waals surface area (Å²) in [4.78, 5) is 12.2. The predicted octanol–water partition coefficient (Wildman–Crippen LogP) is 3.21. The van der Waals surface area contributed by atoms with Crippen molar-refractivity contribution in [3.8, 4) is 0 Å². The van der Waals surface area contributed by atoms with Crippen LogP contribution in [0.25, 0.3) is 0 Å². The second-order valence-corrected chi connectivity index (χ2v) is 4.38. The highest BCUT2D eigenvalue weighted by Crippen LogP contribution is 2.18. The van der Waals surface area contributed by atoms with E-state index < -0.39 is 0 Å². The van der Waals surface area contributed by atoms with E-state index in [2.05, 4.69) is 25.1 Å². The second-order valence-electron chi connectivity index (χ2n) is 3.28. The first-order chi connectivity index (χ1) is 7.72. The minimum absolute atomic E-state index is 0.271. The smallest absolute Gasteiger partial charge is 0.330 e. The van der Waals surface area contributed by atoms with Gasteiger partial charge in [0, 0.05) is 16.7 Å². The summed E-state index contributed by atoms with van der Waals surface area (Å²) in [6, 6.07) is 8.30. The Balaban J connectivity index is 2.33. The molecule has 1 aromatic rings. The number of carbonyl (C=O) groups is 1. The van der Waals surface area contributed by atoms with Gasteiger partial charge in [0.1, 0.15) is 0 Å². The SMILES string of the molecule is CCOC(=O)/C=C/CSc1cccc(C)c1. The third-order valence-corrected chi connectivity index (χ3v) is 2.82. The molecule has 1 rings (SSSR count). The van der Waals surface area contributed by atoms with Gasteiger partial charge in [-0.3, -0.25) is 0 Å². The van der Waals surface area contributed by atoms with Gasteiger partial charge in [0.25, 0.3) is 0 Å². The van der Waals surface area contributed by atoms with Crippen LogP contribution in [-0.2, 0) is 9.53 Å². The van der Waals surface area contributed by atoms with E-state index in [0.29, 0.717) is 6.61 Å². The lowest BCUT2D eigenvalue weighted by Crippen LogP contribution is -1.98. The maximum atomic E-state index is 11.0. The zero-order valence-corrected chi connectivity index (χ0v) is 10.4. The molecule has 16 heavy (non-hydrogen) atoms. The molecule has 2 nitrogen and oxygen atoms in total. The van der Waals surface area contributed by atoms with Gasteiger partial charge < -0.3 is 4.74 Å². The Hall–Kier alpha value is -1.22. The number of hydrogen-bond acceptors (Lipinski definition) is 3. The van der Waals surface area contributed by atoms with Gasteiger partial charge in [0.05, 0.1) is 6.61 Å². The molecule has 0 aliphatic carbocycles. The Labute approximate surface area is 101 Å². The Bertz CT molecular complexity index is 372. The van der Waals surface area contributed by atoms with Crippen molar-refractivity contribution in [3.63, 3.8) is 0 Å². The molecular formula is C13H16O2S. The molecule has 0 spiro atoms. The summed E-state index contributed by atoms with van der Waals surface area (Å²) < 4.78 is 4.78. The van der Waals surface area contributed by atoms with Gasteiger partial charge in [-0.2, -0.15) is 0 Å². The van der Waals surface area contributed by atoms with E-state index in [4.69, 9.17) is 4.74 Å². The normalized spacial score (nSPS) is 10.6. The zero-order valence-electron chi connectivity index (χ0n) is 9.60. The molecular weight excluding hydrogens is 220 g/mol. The first-order valence-corrected chi connectivity index (χ1v) is 6.23. The molecule has 86 valence electrons. The van der Waals surface area contributed by atoms with Crippen LogP contribution >= 0.6 is 11.8 Å². The summed E-state index contributed by atoms with van der Waals surface area (Å²) in [5, 5.41) is 0. The number of thioether (sulfide) groups is 1. The average molecular weight is 236 g/mol. The summed E-state index contributed by atoms with van der Waals surface area (Å²) in [5.41, 5.74) is 1.25. The van der Waals surface area contributed by atoms with Crippen molar-refractivity contribution in [1.29, 1.82) is 0 Å². The topological polar surface area (TPSA) is 26.3 Å². The summed E-state index contributed by atoms with van der Waals surface area (Å²) in [5.74, 6) is 0.509. The molecule has 0 atom stereocenters. The van der Waals surface area contributed by atoms with E-state index in [0.717, 1.165) is 5.75 Å². The molecule has 0 N–H and O–H groups in total. The maximum absolute atomic E-state index is 11.0. The number of ether oxygens (including phenoxy) is 1. The van der Waals surface area contributed by atoms with Crippen molar-refractivity contribution >= 4 is 17.7 Å². The Morgan fingerprint density at radius 1 is 1.50 bits per heavy atom. The standard InChI is InChI=1S/C13H16O2S/c1-3-15-13(14)8-5-9-16-12-7-4-6-11(2)10-12/h4-8,10H,3,9H2,1-2H3/b8-5+. The van der Waals surface area contributed by atoms with Gasteiger partial charge in [0.2, 0.25) is 0 Å². The zero-order chi connectivity index (χ0) is 11.8. The lowest BCUT2D eigenvalue weighted by atomic mass is 10.2. The summed E-state index contributed by atoms with van der Waals surface area (Å²) in [7, 11) is 0. The largest absolute Gasteiger partial charge is 0.463 e. The molecule has 0 radical (unpaired) electrons. The minimum atomic E-state index is -0.271. The Morgan fingerprint density at radius 3 is 3.00 bits per heavy atom. The van der Waals surface area contributed by atoms with Crippen molar-refractivity contribution in [1.82, 2.24) is 0 Å². The Morgan fingerprint density at radius 2 is 2.31 bits per heavy atom. The van der Waals surface area contributed by atoms with E-state index in [-0.39, 0.29) is 5.97 Å². The molecule has 0 aliphatic rings. The number of esters is 1. The second kappa shape index (κ2) is 7.12. The maximum Gasteiger partial charge on any atom is 0.330 e. The molecule has 0 saturated carbocycles. The van der Waals surface area contributed by atoms with Crippen molar-refractivity contribution in [2.24, 2.45) is 0 Å². The van der Waals surface area contributed by atoms with Crippen molar-refractivity contribution in [2.75, 3.05) is 12.4 Å². The van der Waals surface area contributed by atoms with Crippen LogP contribution in [0, 0.1) is 6.92 Å². The molecule has 0 heterocycles. The number of rotatable bonds is 5. The highest BCUT2D eigenvalue weighted by Gasteiger charge is 1.94. The predicted molar refractivity (Wildman–Crippen MR) is 67.7 cm³/mol. The van der Waals surface area contributed by atoms with Crippen molar-refractivity contribution in [3.05, 3.63) is 42.0 Å². The molecule has 0 amide bonds. The first kappa shape index (κ1) is 12.8. The van der Waals surface area contributed by atoms with Crippen molar-refractivity contribution < 1.29 is 9.53 Å². The average Bonchev–Trinajstić information content (AvgIpc) is 2.25. The van der Waals surface area contributed by atoms with Gasteiger partial charge in [0.15, 0.2) is 0 Å². The molecule has 0 unspecified atom stereocenters. The van der Waals surface area contributed by atoms with Gasteiger partial charge >= 0.3 is 5.97 Å². The van der Waals surface area contributed by atoms with E-state index in [1.165, 1.54) is 16.5 Å². The fraction of sp³-hybridized carbons (Fsp3) is 0.308. The van der Waals surface area contributed by atoms with Gasteiger partial charge in [-0.05, 0) is 26.0 Å². The number of hydrogen-bond donors (Lipinski definition) is 0. The molecule has 3 heteroatoms. The molecule has 0 saturated heterocycles. The van der Waals surface area contributed by atoms with Crippen LogP contribution in [0.1, 0.15) is 12.5 Å². The minimum Gasteiger partial charge on any atom is -0.463 e. The van der Waals surface area contributed by atoms with E-state index >= 15 is 0 Å². The number of benzene rings is 1. The van der Waals surface area contributed by atoms with E-state index in [1.54, 1.807) is 18.7 Å². The molecule has 0 aliphatic heterocycles. The van der Waals surface area contributed by atoms with Gasteiger partial charge in [-0.25, -0.2) is 4.79 Å². The number of carbonyl (C=O) groups excluding carboxylic acids is 1. The molecule has 0 bridgehead atoms. The third-order valence-electron chi connectivity index (χ3n) is 1.88.